The van der Waals surface area contributed by atoms with Crippen LogP contribution in [0.25, 0.3) is 0 Å². The van der Waals surface area contributed by atoms with Crippen LogP contribution in [0, 0.1) is 6.42 Å². The first-order valence-electron chi connectivity index (χ1n) is 18.1. The van der Waals surface area contributed by atoms with E-state index < -0.39 is 0 Å². The topological polar surface area (TPSA) is 0 Å². The Balaban J connectivity index is 3.00. The Bertz CT molecular complexity index is 325. The van der Waals surface area contributed by atoms with Gasteiger partial charge in [0.1, 0.15) is 0 Å². The third kappa shape index (κ3) is 36.0. The molecule has 0 N–H and O–H groups in total. The summed E-state index contributed by atoms with van der Waals surface area (Å²) in [5.41, 5.74) is 0. The Morgan fingerprint density at radius 1 is 0.216 bits per heavy atom. The minimum atomic E-state index is 1.25. The van der Waals surface area contributed by atoms with Gasteiger partial charge in [-0.3, -0.25) is 0 Å². The van der Waals surface area contributed by atoms with Crippen LogP contribution in [-0.2, 0) is 0 Å². The van der Waals surface area contributed by atoms with Gasteiger partial charge in [0, 0.05) is 0 Å². The molecule has 0 saturated heterocycles. The zero-order valence-corrected chi connectivity index (χ0v) is 26.5. The van der Waals surface area contributed by atoms with Gasteiger partial charge in [0.2, 0.25) is 0 Å². The van der Waals surface area contributed by atoms with Crippen molar-refractivity contribution in [3.8, 4) is 0 Å². The fourth-order valence-electron chi connectivity index (χ4n) is 5.72. The van der Waals surface area contributed by atoms with Gasteiger partial charge in [-0.05, 0) is 19.3 Å². The third-order valence-electron chi connectivity index (χ3n) is 8.41. The predicted octanol–water partition coefficient (Wildman–Crippen LogP) is 14.4. The maximum Gasteiger partial charge on any atom is -0.0173 e. The lowest BCUT2D eigenvalue weighted by Gasteiger charge is -2.04. The molecule has 0 fully saturated rings. The highest BCUT2D eigenvalue weighted by atomic mass is 14.0. The summed E-state index contributed by atoms with van der Waals surface area (Å²) in [6.45, 7) is 4.61. The molecule has 0 aliphatic heterocycles. The monoisotopic (exact) mass is 519 g/mol. The van der Waals surface area contributed by atoms with Gasteiger partial charge < -0.3 is 0 Å². The van der Waals surface area contributed by atoms with E-state index in [0.29, 0.717) is 0 Å². The average Bonchev–Trinajstić information content (AvgIpc) is 2.91. The largest absolute Gasteiger partial charge is 0.0654 e. The van der Waals surface area contributed by atoms with Crippen molar-refractivity contribution in [2.75, 3.05) is 0 Å². The molecule has 0 nitrogen and oxygen atoms in total. The molecule has 0 aliphatic rings. The molecule has 0 amide bonds. The fraction of sp³-hybridized carbons (Fsp3) is 0.973. The molecule has 0 aromatic carbocycles. The van der Waals surface area contributed by atoms with Gasteiger partial charge in [-0.2, -0.15) is 0 Å². The highest BCUT2D eigenvalue weighted by molar-refractivity contribution is 4.65. The van der Waals surface area contributed by atoms with Crippen LogP contribution < -0.4 is 0 Å². The quantitative estimate of drug-likeness (QED) is 0.0743. The molecule has 0 saturated carbocycles. The van der Waals surface area contributed by atoms with Crippen molar-refractivity contribution >= 4 is 0 Å². The summed E-state index contributed by atoms with van der Waals surface area (Å²) in [5.74, 6) is 0. The Kier molecular flexibility index (Phi) is 36.0. The minimum absolute atomic E-state index is 1.25. The summed E-state index contributed by atoms with van der Waals surface area (Å²) in [6, 6.07) is 0. The van der Waals surface area contributed by atoms with Crippen LogP contribution in [0.3, 0.4) is 0 Å². The molecular weight excluding hydrogens is 444 g/mol. The van der Waals surface area contributed by atoms with Gasteiger partial charge in [-0.1, -0.05) is 219 Å². The third-order valence-corrected chi connectivity index (χ3v) is 8.41. The summed E-state index contributed by atoms with van der Waals surface area (Å²) >= 11 is 0. The standard InChI is InChI=1S/C37H74/c1-3-5-7-9-11-13-15-17-19-21-23-25-27-29-31-33-35-37-36-34-32-30-28-26-24-22-20-18-16-14-12-10-8-6-4-2/h3-36H2,1-2H3. The van der Waals surface area contributed by atoms with E-state index in [9.17, 15) is 0 Å². The Morgan fingerprint density at radius 3 is 0.568 bits per heavy atom. The molecule has 0 spiro atoms. The molecule has 222 valence electrons. The highest BCUT2D eigenvalue weighted by Gasteiger charge is 1.97. The molecular formula is C37H74. The van der Waals surface area contributed by atoms with Gasteiger partial charge >= 0.3 is 0 Å². The molecule has 0 unspecified atom stereocenters. The van der Waals surface area contributed by atoms with E-state index in [1.807, 2.05) is 0 Å². The summed E-state index contributed by atoms with van der Waals surface area (Å²) in [6.07, 6.45) is 52.9. The number of hydrogen-bond acceptors (Lipinski definition) is 0. The van der Waals surface area contributed by atoms with Gasteiger partial charge in [-0.15, -0.1) is 0 Å². The van der Waals surface area contributed by atoms with Crippen molar-refractivity contribution in [1.82, 2.24) is 0 Å². The van der Waals surface area contributed by atoms with Crippen molar-refractivity contribution in [3.63, 3.8) is 0 Å². The molecule has 0 aromatic heterocycles. The fourth-order valence-corrected chi connectivity index (χ4v) is 5.72. The second kappa shape index (κ2) is 36.0. The van der Waals surface area contributed by atoms with E-state index >= 15 is 0 Å². The van der Waals surface area contributed by atoms with E-state index in [1.54, 1.807) is 0 Å². The van der Waals surface area contributed by atoms with Gasteiger partial charge in [-0.25, -0.2) is 0 Å². The van der Waals surface area contributed by atoms with E-state index in [-0.39, 0.29) is 0 Å². The molecule has 37 heavy (non-hydrogen) atoms. The second-order valence-electron chi connectivity index (χ2n) is 12.4. The van der Waals surface area contributed by atoms with E-state index in [1.165, 1.54) is 218 Å². The second-order valence-corrected chi connectivity index (χ2v) is 12.4. The van der Waals surface area contributed by atoms with Crippen molar-refractivity contribution < 1.29 is 0 Å². The lowest BCUT2D eigenvalue weighted by atomic mass is 10.0. The van der Waals surface area contributed by atoms with E-state index in [4.69, 9.17) is 0 Å². The lowest BCUT2D eigenvalue weighted by molar-refractivity contribution is 0.525. The lowest BCUT2D eigenvalue weighted by Crippen LogP contribution is -1.85. The highest BCUT2D eigenvalue weighted by Crippen LogP contribution is 2.16. The normalized spacial score (nSPS) is 11.5. The van der Waals surface area contributed by atoms with Crippen LogP contribution >= 0.6 is 0 Å². The molecule has 0 atom stereocenters. The van der Waals surface area contributed by atoms with E-state index in [2.05, 4.69) is 20.3 Å². The van der Waals surface area contributed by atoms with Crippen LogP contribution in [0.4, 0.5) is 0 Å². The van der Waals surface area contributed by atoms with Gasteiger partial charge in [0.05, 0.1) is 0 Å². The molecule has 0 heteroatoms. The first-order valence-corrected chi connectivity index (χ1v) is 18.1. The summed E-state index contributed by atoms with van der Waals surface area (Å²) in [7, 11) is 0. The molecule has 0 aromatic rings. The van der Waals surface area contributed by atoms with Crippen molar-refractivity contribution in [1.29, 1.82) is 0 Å². The minimum Gasteiger partial charge on any atom is -0.0654 e. The molecule has 0 bridgehead atoms. The van der Waals surface area contributed by atoms with Gasteiger partial charge in [0.25, 0.3) is 0 Å². The summed E-state index contributed by atoms with van der Waals surface area (Å²) in [4.78, 5) is 0. The maximum absolute atomic E-state index is 3.68. The molecule has 0 rings (SSSR count). The zero-order valence-electron chi connectivity index (χ0n) is 26.5. The summed E-state index contributed by atoms with van der Waals surface area (Å²) in [5, 5.41) is 0. The van der Waals surface area contributed by atoms with Crippen molar-refractivity contribution in [2.45, 2.75) is 232 Å². The Labute approximate surface area is 238 Å². The SMILES string of the molecule is CCCCCCCCCCCCCCCCCC[C]CCCCCCCCCCCCCCCCCC. The van der Waals surface area contributed by atoms with Crippen LogP contribution in [-0.4, -0.2) is 0 Å². The smallest absolute Gasteiger partial charge is 0.0173 e. The van der Waals surface area contributed by atoms with Gasteiger partial charge in [0.15, 0.2) is 0 Å². The first-order chi connectivity index (χ1) is 18.4. The molecule has 0 aliphatic carbocycles. The van der Waals surface area contributed by atoms with Crippen LogP contribution in [0.15, 0.2) is 0 Å². The van der Waals surface area contributed by atoms with E-state index in [0.717, 1.165) is 0 Å². The summed E-state index contributed by atoms with van der Waals surface area (Å²) < 4.78 is 0. The van der Waals surface area contributed by atoms with Crippen LogP contribution in [0.1, 0.15) is 232 Å². The predicted molar refractivity (Wildman–Crippen MR) is 172 cm³/mol. The molecule has 2 radical (unpaired) electrons. The number of unbranched alkanes of at least 4 members (excludes halogenated alkanes) is 34. The Morgan fingerprint density at radius 2 is 0.378 bits per heavy atom. The molecule has 0 heterocycles. The van der Waals surface area contributed by atoms with Crippen molar-refractivity contribution in [3.05, 3.63) is 6.42 Å². The number of rotatable bonds is 34. The van der Waals surface area contributed by atoms with Crippen LogP contribution in [0.5, 0.6) is 0 Å². The maximum atomic E-state index is 3.68. The first kappa shape index (κ1) is 37.0. The number of hydrogen-bond donors (Lipinski definition) is 0. The zero-order chi connectivity index (χ0) is 26.7. The average molecular weight is 519 g/mol. The Hall–Kier alpha value is 0. The van der Waals surface area contributed by atoms with Crippen LogP contribution in [0.2, 0.25) is 0 Å². The van der Waals surface area contributed by atoms with Crippen molar-refractivity contribution in [2.24, 2.45) is 0 Å².